The van der Waals surface area contributed by atoms with Crippen LogP contribution in [0.5, 0.6) is 0 Å². The summed E-state index contributed by atoms with van der Waals surface area (Å²) in [7, 11) is 0. The summed E-state index contributed by atoms with van der Waals surface area (Å²) in [6, 6.07) is 10.4. The molecule has 2 rings (SSSR count). The molecule has 0 fully saturated rings. The van der Waals surface area contributed by atoms with Crippen molar-refractivity contribution in [2.24, 2.45) is 5.73 Å². The first kappa shape index (κ1) is 14.3. The summed E-state index contributed by atoms with van der Waals surface area (Å²) in [5, 5.41) is 18.6. The van der Waals surface area contributed by atoms with E-state index in [1.54, 1.807) is 30.3 Å². The molecule has 0 saturated carbocycles. The van der Waals surface area contributed by atoms with Crippen molar-refractivity contribution in [1.29, 1.82) is 0 Å². The van der Waals surface area contributed by atoms with Crippen LogP contribution < -0.4 is 5.73 Å². The fraction of sp³-hybridized carbons (Fsp3) is 0. The van der Waals surface area contributed by atoms with Crippen LogP contribution in [0.4, 0.5) is 0 Å². The second kappa shape index (κ2) is 5.46. The van der Waals surface area contributed by atoms with Crippen LogP contribution in [-0.4, -0.2) is 28.1 Å². The van der Waals surface area contributed by atoms with Gasteiger partial charge in [0.2, 0.25) is 5.91 Å². The minimum absolute atomic E-state index is 0.0353. The standard InChI is InChI=1S/C15H11NO5/c16-13(17)9-6-7-10(14(18)19)11(12(9)15(20)21)8-4-2-1-3-5-8/h1-7H,(H2,16,17)(H,18,19)(H,20,21). The molecule has 21 heavy (non-hydrogen) atoms. The maximum absolute atomic E-state index is 11.5. The maximum atomic E-state index is 11.5. The fourth-order valence-electron chi connectivity index (χ4n) is 2.11. The lowest BCUT2D eigenvalue weighted by Gasteiger charge is -2.13. The normalized spacial score (nSPS) is 10.1. The molecule has 0 heterocycles. The van der Waals surface area contributed by atoms with Crippen molar-refractivity contribution in [3.05, 3.63) is 59.2 Å². The molecule has 0 atom stereocenters. The van der Waals surface area contributed by atoms with Crippen LogP contribution in [0.3, 0.4) is 0 Å². The summed E-state index contributed by atoms with van der Waals surface area (Å²) >= 11 is 0. The lowest BCUT2D eigenvalue weighted by Crippen LogP contribution is -2.19. The Bertz CT molecular complexity index is 737. The quantitative estimate of drug-likeness (QED) is 0.792. The summed E-state index contributed by atoms with van der Waals surface area (Å²) in [5.74, 6) is -3.63. The average Bonchev–Trinajstić information content (AvgIpc) is 2.46. The molecule has 0 spiro atoms. The van der Waals surface area contributed by atoms with Gasteiger partial charge in [-0.15, -0.1) is 0 Å². The monoisotopic (exact) mass is 285 g/mol. The van der Waals surface area contributed by atoms with Gasteiger partial charge < -0.3 is 15.9 Å². The molecule has 1 amide bonds. The molecule has 0 aliphatic heterocycles. The molecule has 0 saturated heterocycles. The topological polar surface area (TPSA) is 118 Å². The number of carbonyl (C=O) groups is 3. The summed E-state index contributed by atoms with van der Waals surface area (Å²) < 4.78 is 0. The molecule has 6 heteroatoms. The van der Waals surface area contributed by atoms with E-state index >= 15 is 0 Å². The molecule has 0 radical (unpaired) electrons. The molecule has 4 N–H and O–H groups in total. The predicted octanol–water partition coefficient (Wildman–Crippen LogP) is 1.85. The molecule has 0 aliphatic carbocycles. The van der Waals surface area contributed by atoms with E-state index in [1.807, 2.05) is 0 Å². The molecule has 0 bridgehead atoms. The Hall–Kier alpha value is -3.15. The first-order valence-electron chi connectivity index (χ1n) is 5.92. The number of carbonyl (C=O) groups excluding carboxylic acids is 1. The molecule has 6 nitrogen and oxygen atoms in total. The Kier molecular flexibility index (Phi) is 3.71. The molecule has 0 aliphatic rings. The third-order valence-corrected chi connectivity index (χ3v) is 2.98. The van der Waals surface area contributed by atoms with Gasteiger partial charge in [-0.25, -0.2) is 9.59 Å². The maximum Gasteiger partial charge on any atom is 0.337 e. The van der Waals surface area contributed by atoms with Gasteiger partial charge >= 0.3 is 11.9 Å². The molecular formula is C15H11NO5. The van der Waals surface area contributed by atoms with Gasteiger partial charge in [0, 0.05) is 5.56 Å². The number of amides is 1. The van der Waals surface area contributed by atoms with Crippen LogP contribution in [0.1, 0.15) is 31.1 Å². The second-order valence-corrected chi connectivity index (χ2v) is 4.25. The average molecular weight is 285 g/mol. The van der Waals surface area contributed by atoms with Gasteiger partial charge in [0.1, 0.15) is 0 Å². The number of carboxylic acids is 2. The van der Waals surface area contributed by atoms with E-state index < -0.39 is 23.4 Å². The number of nitrogens with two attached hydrogens (primary N) is 1. The van der Waals surface area contributed by atoms with Crippen LogP contribution in [0.25, 0.3) is 11.1 Å². The zero-order chi connectivity index (χ0) is 15.6. The SMILES string of the molecule is NC(=O)c1ccc(C(=O)O)c(-c2ccccc2)c1C(=O)O. The fourth-order valence-corrected chi connectivity index (χ4v) is 2.11. The zero-order valence-corrected chi connectivity index (χ0v) is 10.7. The number of primary amides is 1. The van der Waals surface area contributed by atoms with E-state index in [-0.39, 0.29) is 16.7 Å². The van der Waals surface area contributed by atoms with E-state index in [0.29, 0.717) is 5.56 Å². The van der Waals surface area contributed by atoms with Crippen molar-refractivity contribution in [2.45, 2.75) is 0 Å². The summed E-state index contributed by atoms with van der Waals surface area (Å²) in [5.41, 5.74) is 4.68. The Labute approximate surface area is 119 Å². The number of carboxylic acid groups (broad SMARTS) is 2. The Morgan fingerprint density at radius 3 is 1.86 bits per heavy atom. The highest BCUT2D eigenvalue weighted by atomic mass is 16.4. The first-order valence-corrected chi connectivity index (χ1v) is 5.92. The molecule has 2 aromatic carbocycles. The third-order valence-electron chi connectivity index (χ3n) is 2.98. The zero-order valence-electron chi connectivity index (χ0n) is 10.7. The van der Waals surface area contributed by atoms with Crippen LogP contribution in [0.2, 0.25) is 0 Å². The van der Waals surface area contributed by atoms with E-state index in [4.69, 9.17) is 5.73 Å². The van der Waals surface area contributed by atoms with Gasteiger partial charge in [-0.1, -0.05) is 30.3 Å². The highest BCUT2D eigenvalue weighted by Gasteiger charge is 2.25. The molecule has 2 aromatic rings. The Morgan fingerprint density at radius 2 is 1.38 bits per heavy atom. The minimum Gasteiger partial charge on any atom is -0.478 e. The van der Waals surface area contributed by atoms with Gasteiger partial charge in [0.05, 0.1) is 16.7 Å². The van der Waals surface area contributed by atoms with Crippen LogP contribution in [0, 0.1) is 0 Å². The molecule has 106 valence electrons. The second-order valence-electron chi connectivity index (χ2n) is 4.25. The van der Waals surface area contributed by atoms with Crippen molar-refractivity contribution in [3.8, 4) is 11.1 Å². The van der Waals surface area contributed by atoms with Gasteiger partial charge in [0.15, 0.2) is 0 Å². The van der Waals surface area contributed by atoms with Crippen molar-refractivity contribution in [1.82, 2.24) is 0 Å². The van der Waals surface area contributed by atoms with Crippen molar-refractivity contribution in [2.75, 3.05) is 0 Å². The van der Waals surface area contributed by atoms with Gasteiger partial charge in [-0.05, 0) is 17.7 Å². The van der Waals surface area contributed by atoms with Crippen molar-refractivity contribution >= 4 is 17.8 Å². The van der Waals surface area contributed by atoms with Crippen LogP contribution in [-0.2, 0) is 0 Å². The number of aromatic carboxylic acids is 2. The summed E-state index contributed by atoms with van der Waals surface area (Å²) in [6.45, 7) is 0. The number of hydrogen-bond acceptors (Lipinski definition) is 3. The molecule has 0 aromatic heterocycles. The van der Waals surface area contributed by atoms with E-state index in [0.717, 1.165) is 6.07 Å². The Balaban J connectivity index is 2.92. The Morgan fingerprint density at radius 1 is 0.810 bits per heavy atom. The molecule has 0 unspecified atom stereocenters. The van der Waals surface area contributed by atoms with Gasteiger partial charge in [0.25, 0.3) is 0 Å². The van der Waals surface area contributed by atoms with E-state index in [1.165, 1.54) is 6.07 Å². The minimum atomic E-state index is -1.41. The molecular weight excluding hydrogens is 274 g/mol. The number of hydrogen-bond donors (Lipinski definition) is 3. The highest BCUT2D eigenvalue weighted by Crippen LogP contribution is 2.30. The van der Waals surface area contributed by atoms with E-state index in [9.17, 15) is 24.6 Å². The van der Waals surface area contributed by atoms with Crippen molar-refractivity contribution in [3.63, 3.8) is 0 Å². The third kappa shape index (κ3) is 2.59. The first-order chi connectivity index (χ1) is 9.93. The lowest BCUT2D eigenvalue weighted by atomic mass is 9.90. The number of benzene rings is 2. The largest absolute Gasteiger partial charge is 0.478 e. The number of rotatable bonds is 4. The highest BCUT2D eigenvalue weighted by molar-refractivity contribution is 6.12. The predicted molar refractivity (Wildman–Crippen MR) is 74.3 cm³/mol. The van der Waals surface area contributed by atoms with Crippen LogP contribution >= 0.6 is 0 Å². The summed E-state index contributed by atoms with van der Waals surface area (Å²) in [6.07, 6.45) is 0. The van der Waals surface area contributed by atoms with Gasteiger partial charge in [-0.3, -0.25) is 4.79 Å². The summed E-state index contributed by atoms with van der Waals surface area (Å²) in [4.78, 5) is 34.2. The lowest BCUT2D eigenvalue weighted by molar-refractivity contribution is 0.0693. The van der Waals surface area contributed by atoms with Crippen molar-refractivity contribution < 1.29 is 24.6 Å². The smallest absolute Gasteiger partial charge is 0.337 e. The van der Waals surface area contributed by atoms with Gasteiger partial charge in [-0.2, -0.15) is 0 Å². The van der Waals surface area contributed by atoms with E-state index in [2.05, 4.69) is 0 Å². The van der Waals surface area contributed by atoms with Crippen LogP contribution in [0.15, 0.2) is 42.5 Å².